The molecular weight excluding hydrogens is 270 g/mol. The van der Waals surface area contributed by atoms with Crippen LogP contribution < -0.4 is 0 Å². The highest BCUT2D eigenvalue weighted by atomic mass is 16.3. The maximum Gasteiger partial charge on any atom is 0.115 e. The minimum atomic E-state index is 0.325. The van der Waals surface area contributed by atoms with Gasteiger partial charge in [0.05, 0.1) is 0 Å². The largest absolute Gasteiger partial charge is 0.508 e. The minimum Gasteiger partial charge on any atom is -0.508 e. The van der Waals surface area contributed by atoms with Crippen molar-refractivity contribution >= 4 is 0 Å². The van der Waals surface area contributed by atoms with E-state index in [0.717, 1.165) is 18.4 Å². The Morgan fingerprint density at radius 2 is 2.23 bits per heavy atom. The van der Waals surface area contributed by atoms with Crippen LogP contribution in [0, 0.1) is 11.8 Å². The Morgan fingerprint density at radius 3 is 3.09 bits per heavy atom. The van der Waals surface area contributed by atoms with Crippen LogP contribution in [0.3, 0.4) is 0 Å². The molecule has 0 amide bonds. The van der Waals surface area contributed by atoms with Gasteiger partial charge in [-0.25, -0.2) is 0 Å². The first-order valence-corrected chi connectivity index (χ1v) is 8.88. The maximum absolute atomic E-state index is 10.1. The van der Waals surface area contributed by atoms with E-state index in [0.29, 0.717) is 11.2 Å². The molecule has 0 spiro atoms. The molecule has 2 fully saturated rings. The smallest absolute Gasteiger partial charge is 0.115 e. The topological polar surface area (TPSA) is 23.5 Å². The molecule has 3 atom stereocenters. The van der Waals surface area contributed by atoms with Gasteiger partial charge < -0.3 is 5.11 Å². The van der Waals surface area contributed by atoms with Crippen molar-refractivity contribution in [3.63, 3.8) is 0 Å². The summed E-state index contributed by atoms with van der Waals surface area (Å²) in [5.74, 6) is 2.04. The molecule has 0 radical (unpaired) electrons. The maximum atomic E-state index is 10.1. The number of nitrogens with zero attached hydrogens (tertiary/aromatic N) is 1. The minimum absolute atomic E-state index is 0.325. The number of hydrogen-bond acceptors (Lipinski definition) is 2. The Kier molecular flexibility index (Phi) is 3.53. The van der Waals surface area contributed by atoms with Crippen LogP contribution in [0.4, 0.5) is 0 Å². The fourth-order valence-electron chi connectivity index (χ4n) is 5.68. The Bertz CT molecular complexity index is 581. The Morgan fingerprint density at radius 1 is 1.32 bits per heavy atom. The van der Waals surface area contributed by atoms with Crippen LogP contribution >= 0.6 is 0 Å². The summed E-state index contributed by atoms with van der Waals surface area (Å²) >= 11 is 0. The lowest BCUT2D eigenvalue weighted by Crippen LogP contribution is -2.46. The summed E-state index contributed by atoms with van der Waals surface area (Å²) in [6.45, 7) is 7.35. The molecule has 2 nitrogen and oxygen atoms in total. The predicted octanol–water partition coefficient (Wildman–Crippen LogP) is 3.88. The molecule has 0 unspecified atom stereocenters. The fourth-order valence-corrected chi connectivity index (χ4v) is 5.68. The first kappa shape index (κ1) is 14.3. The van der Waals surface area contributed by atoms with Gasteiger partial charge in [-0.2, -0.15) is 0 Å². The van der Waals surface area contributed by atoms with Crippen LogP contribution in [0.1, 0.15) is 43.2 Å². The molecular formula is C20H27NO. The van der Waals surface area contributed by atoms with Crippen molar-refractivity contribution in [1.82, 2.24) is 4.90 Å². The average Bonchev–Trinajstić information content (AvgIpc) is 2.65. The van der Waals surface area contributed by atoms with Crippen LogP contribution in [0.5, 0.6) is 5.75 Å². The number of fused-ring (bicyclic) bond motifs is 1. The Hall–Kier alpha value is -1.28. The quantitative estimate of drug-likeness (QED) is 0.837. The number of aromatic hydroxyl groups is 1. The van der Waals surface area contributed by atoms with E-state index in [2.05, 4.69) is 29.7 Å². The van der Waals surface area contributed by atoms with Gasteiger partial charge in [0.1, 0.15) is 5.75 Å². The molecule has 2 aliphatic carbocycles. The first-order valence-electron chi connectivity index (χ1n) is 8.88. The highest BCUT2D eigenvalue weighted by molar-refractivity contribution is 5.44. The summed E-state index contributed by atoms with van der Waals surface area (Å²) < 4.78 is 0. The zero-order valence-corrected chi connectivity index (χ0v) is 13.4. The van der Waals surface area contributed by atoms with E-state index in [1.54, 1.807) is 0 Å². The lowest BCUT2D eigenvalue weighted by atomic mass is 9.53. The van der Waals surface area contributed by atoms with Gasteiger partial charge in [-0.05, 0) is 67.3 Å². The van der Waals surface area contributed by atoms with Crippen molar-refractivity contribution in [1.29, 1.82) is 0 Å². The monoisotopic (exact) mass is 297 g/mol. The van der Waals surface area contributed by atoms with Gasteiger partial charge in [0.2, 0.25) is 0 Å². The molecule has 1 aromatic rings. The van der Waals surface area contributed by atoms with E-state index in [4.69, 9.17) is 0 Å². The molecule has 2 heteroatoms. The molecule has 1 N–H and O–H groups in total. The zero-order valence-electron chi connectivity index (χ0n) is 13.4. The molecule has 0 aromatic heterocycles. The van der Waals surface area contributed by atoms with Crippen LogP contribution in [0.25, 0.3) is 0 Å². The van der Waals surface area contributed by atoms with E-state index in [1.807, 2.05) is 6.07 Å². The van der Waals surface area contributed by atoms with Gasteiger partial charge in [-0.15, -0.1) is 6.58 Å². The van der Waals surface area contributed by atoms with E-state index < -0.39 is 0 Å². The third-order valence-corrected chi connectivity index (χ3v) is 6.53. The standard InChI is InChI=1S/C20H27NO/c1-2-10-21-11-9-20-8-4-3-5-18(20)16(14-21)12-15-6-7-17(22)13-19(15)20/h2,6-7,13,16,18,22H,1,3-5,8-12,14H2/t16-,18-,20+/m0/s1. The van der Waals surface area contributed by atoms with Gasteiger partial charge in [-0.1, -0.05) is 25.0 Å². The highest BCUT2D eigenvalue weighted by Gasteiger charge is 2.51. The lowest BCUT2D eigenvalue weighted by molar-refractivity contribution is 0.109. The van der Waals surface area contributed by atoms with Crippen molar-refractivity contribution in [2.24, 2.45) is 11.8 Å². The molecule has 1 heterocycles. The summed E-state index contributed by atoms with van der Waals surface area (Å²) in [6, 6.07) is 6.16. The zero-order chi connectivity index (χ0) is 15.2. The molecule has 2 bridgehead atoms. The van der Waals surface area contributed by atoms with Crippen molar-refractivity contribution in [3.05, 3.63) is 42.0 Å². The fraction of sp³-hybridized carbons (Fsp3) is 0.600. The SMILES string of the molecule is C=CCN1CC[C@]23CCCC[C@H]2[C@@H](Cc2ccc(O)cc23)C1. The molecule has 118 valence electrons. The van der Waals surface area contributed by atoms with E-state index in [1.165, 1.54) is 62.7 Å². The molecule has 1 aliphatic heterocycles. The number of rotatable bonds is 2. The number of hydrogen-bond donors (Lipinski definition) is 1. The van der Waals surface area contributed by atoms with Crippen LogP contribution in [-0.2, 0) is 11.8 Å². The normalized spacial score (nSPS) is 34.4. The highest BCUT2D eigenvalue weighted by Crippen LogP contribution is 2.56. The molecule has 1 saturated heterocycles. The second kappa shape index (κ2) is 5.42. The third-order valence-electron chi connectivity index (χ3n) is 6.53. The molecule has 22 heavy (non-hydrogen) atoms. The predicted molar refractivity (Wildman–Crippen MR) is 90.2 cm³/mol. The van der Waals surface area contributed by atoms with Gasteiger partial charge in [-0.3, -0.25) is 4.90 Å². The van der Waals surface area contributed by atoms with Crippen molar-refractivity contribution < 1.29 is 5.11 Å². The summed E-state index contributed by atoms with van der Waals surface area (Å²) in [4.78, 5) is 2.60. The number of phenolic OH excluding ortho intramolecular Hbond substituents is 1. The molecule has 1 saturated carbocycles. The second-order valence-corrected chi connectivity index (χ2v) is 7.61. The third kappa shape index (κ3) is 2.11. The summed E-state index contributed by atoms with van der Waals surface area (Å²) in [5.41, 5.74) is 3.31. The van der Waals surface area contributed by atoms with Crippen LogP contribution in [-0.4, -0.2) is 29.6 Å². The number of phenols is 1. The van der Waals surface area contributed by atoms with E-state index >= 15 is 0 Å². The summed E-state index contributed by atoms with van der Waals surface area (Å²) in [7, 11) is 0. The lowest BCUT2D eigenvalue weighted by Gasteiger charge is -2.51. The second-order valence-electron chi connectivity index (χ2n) is 7.61. The van der Waals surface area contributed by atoms with Crippen molar-refractivity contribution in [2.45, 2.75) is 43.9 Å². The molecule has 3 aliphatic rings. The summed E-state index contributed by atoms with van der Waals surface area (Å²) in [5, 5.41) is 10.1. The van der Waals surface area contributed by atoms with E-state index in [9.17, 15) is 5.11 Å². The van der Waals surface area contributed by atoms with Crippen LogP contribution in [0.2, 0.25) is 0 Å². The molecule has 1 aromatic carbocycles. The van der Waals surface area contributed by atoms with Gasteiger partial charge >= 0.3 is 0 Å². The van der Waals surface area contributed by atoms with Crippen molar-refractivity contribution in [2.75, 3.05) is 19.6 Å². The average molecular weight is 297 g/mol. The number of benzene rings is 1. The van der Waals surface area contributed by atoms with Crippen molar-refractivity contribution in [3.8, 4) is 5.75 Å². The van der Waals surface area contributed by atoms with E-state index in [-0.39, 0.29) is 0 Å². The Balaban J connectivity index is 1.81. The van der Waals surface area contributed by atoms with Crippen LogP contribution in [0.15, 0.2) is 30.9 Å². The number of likely N-dealkylation sites (tertiary alicyclic amines) is 1. The summed E-state index contributed by atoms with van der Waals surface area (Å²) in [6.07, 6.45) is 9.91. The Labute approximate surface area is 133 Å². The molecule has 4 rings (SSSR count). The van der Waals surface area contributed by atoms with Gasteiger partial charge in [0, 0.05) is 18.5 Å². The van der Waals surface area contributed by atoms with Gasteiger partial charge in [0.15, 0.2) is 0 Å². The first-order chi connectivity index (χ1) is 10.7. The van der Waals surface area contributed by atoms with Gasteiger partial charge in [0.25, 0.3) is 0 Å².